The van der Waals surface area contributed by atoms with Crippen molar-refractivity contribution in [2.24, 2.45) is 11.1 Å². The summed E-state index contributed by atoms with van der Waals surface area (Å²) in [5.74, 6) is 0. The predicted molar refractivity (Wildman–Crippen MR) is 51.0 cm³/mol. The molecule has 2 fully saturated rings. The van der Waals surface area contributed by atoms with Gasteiger partial charge in [-0.3, -0.25) is 0 Å². The molecule has 0 saturated heterocycles. The zero-order valence-electron chi connectivity index (χ0n) is 8.05. The first-order valence-corrected chi connectivity index (χ1v) is 5.16. The Balaban J connectivity index is 1.67. The molecule has 0 unspecified atom stereocenters. The Kier molecular flexibility index (Phi) is 2.13. The van der Waals surface area contributed by atoms with E-state index in [1.807, 2.05) is 0 Å². The Bertz CT molecular complexity index is 159. The van der Waals surface area contributed by atoms with Gasteiger partial charge in [0.25, 0.3) is 0 Å². The van der Waals surface area contributed by atoms with Crippen LogP contribution in [0.15, 0.2) is 0 Å². The summed E-state index contributed by atoms with van der Waals surface area (Å²) in [6.07, 6.45) is 6.93. The average Bonchev–Trinajstić information content (AvgIpc) is 2.94. The zero-order chi connectivity index (χ0) is 8.60. The van der Waals surface area contributed by atoms with Gasteiger partial charge in [0.15, 0.2) is 0 Å². The lowest BCUT2D eigenvalue weighted by atomic mass is 10.0. The van der Waals surface area contributed by atoms with Crippen molar-refractivity contribution >= 4 is 0 Å². The van der Waals surface area contributed by atoms with Crippen molar-refractivity contribution in [1.29, 1.82) is 0 Å². The average molecular weight is 168 g/mol. The topological polar surface area (TPSA) is 29.3 Å². The van der Waals surface area contributed by atoms with Crippen LogP contribution in [0.2, 0.25) is 0 Å². The molecular weight excluding hydrogens is 148 g/mol. The quantitative estimate of drug-likeness (QED) is 0.668. The summed E-state index contributed by atoms with van der Waals surface area (Å²) in [5.41, 5.74) is 6.30. The van der Waals surface area contributed by atoms with E-state index in [1.54, 1.807) is 0 Å². The van der Waals surface area contributed by atoms with Gasteiger partial charge in [-0.15, -0.1) is 0 Å². The van der Waals surface area contributed by atoms with Gasteiger partial charge in [0.2, 0.25) is 0 Å². The van der Waals surface area contributed by atoms with Crippen LogP contribution in [0.4, 0.5) is 0 Å². The van der Waals surface area contributed by atoms with Crippen LogP contribution >= 0.6 is 0 Å². The molecule has 0 aliphatic heterocycles. The lowest BCUT2D eigenvalue weighted by Gasteiger charge is -2.19. The molecule has 2 nitrogen and oxygen atoms in total. The molecular formula is C10H20N2. The van der Waals surface area contributed by atoms with Crippen molar-refractivity contribution in [2.45, 2.75) is 38.1 Å². The van der Waals surface area contributed by atoms with Gasteiger partial charge < -0.3 is 10.6 Å². The van der Waals surface area contributed by atoms with Crippen LogP contribution in [0.3, 0.4) is 0 Å². The Morgan fingerprint density at radius 2 is 2.08 bits per heavy atom. The lowest BCUT2D eigenvalue weighted by Crippen LogP contribution is -2.26. The van der Waals surface area contributed by atoms with E-state index in [9.17, 15) is 0 Å². The summed E-state index contributed by atoms with van der Waals surface area (Å²) in [6, 6.07) is 0.915. The minimum atomic E-state index is 0.573. The molecule has 2 heteroatoms. The van der Waals surface area contributed by atoms with Gasteiger partial charge in [0.1, 0.15) is 0 Å². The molecule has 12 heavy (non-hydrogen) atoms. The van der Waals surface area contributed by atoms with E-state index < -0.39 is 0 Å². The highest BCUT2D eigenvalue weighted by Gasteiger charge is 2.41. The molecule has 70 valence electrons. The second kappa shape index (κ2) is 3.00. The van der Waals surface area contributed by atoms with Crippen molar-refractivity contribution in [3.05, 3.63) is 0 Å². The fourth-order valence-corrected chi connectivity index (χ4v) is 1.84. The van der Waals surface area contributed by atoms with Gasteiger partial charge in [-0.25, -0.2) is 0 Å². The molecule has 0 aromatic carbocycles. The second-order valence-electron chi connectivity index (χ2n) is 4.67. The molecule has 2 aliphatic rings. The molecule has 0 atom stereocenters. The molecule has 0 spiro atoms. The first-order valence-electron chi connectivity index (χ1n) is 5.16. The normalized spacial score (nSPS) is 26.2. The summed E-state index contributed by atoms with van der Waals surface area (Å²) in [7, 11) is 2.25. The van der Waals surface area contributed by atoms with Crippen molar-refractivity contribution in [1.82, 2.24) is 4.90 Å². The molecule has 0 aromatic heterocycles. The van der Waals surface area contributed by atoms with Crippen LogP contribution in [0.1, 0.15) is 32.1 Å². The molecule has 0 heterocycles. The summed E-state index contributed by atoms with van der Waals surface area (Å²) in [5, 5.41) is 0. The van der Waals surface area contributed by atoms with Crippen molar-refractivity contribution in [2.75, 3.05) is 20.1 Å². The van der Waals surface area contributed by atoms with Crippen molar-refractivity contribution in [3.63, 3.8) is 0 Å². The summed E-state index contributed by atoms with van der Waals surface area (Å²) >= 11 is 0. The van der Waals surface area contributed by atoms with Gasteiger partial charge in [-0.05, 0) is 57.7 Å². The SMILES string of the molecule is CN(CCC1(CN)CC1)C1CC1. The van der Waals surface area contributed by atoms with E-state index in [2.05, 4.69) is 11.9 Å². The second-order valence-corrected chi connectivity index (χ2v) is 4.67. The van der Waals surface area contributed by atoms with Gasteiger partial charge in [0, 0.05) is 6.04 Å². The highest BCUT2D eigenvalue weighted by atomic mass is 15.1. The van der Waals surface area contributed by atoms with E-state index >= 15 is 0 Å². The summed E-state index contributed by atoms with van der Waals surface area (Å²) in [4.78, 5) is 2.51. The van der Waals surface area contributed by atoms with E-state index in [-0.39, 0.29) is 0 Å². The predicted octanol–water partition coefficient (Wildman–Crippen LogP) is 1.21. The zero-order valence-corrected chi connectivity index (χ0v) is 8.05. The number of rotatable bonds is 5. The maximum Gasteiger partial charge on any atom is 0.00933 e. The smallest absolute Gasteiger partial charge is 0.00933 e. The van der Waals surface area contributed by atoms with Gasteiger partial charge >= 0.3 is 0 Å². The third-order valence-electron chi connectivity index (χ3n) is 3.56. The Morgan fingerprint density at radius 3 is 2.50 bits per heavy atom. The lowest BCUT2D eigenvalue weighted by molar-refractivity contribution is 0.285. The summed E-state index contributed by atoms with van der Waals surface area (Å²) < 4.78 is 0. The van der Waals surface area contributed by atoms with Gasteiger partial charge in [-0.2, -0.15) is 0 Å². The van der Waals surface area contributed by atoms with Crippen LogP contribution in [0.5, 0.6) is 0 Å². The van der Waals surface area contributed by atoms with E-state index in [0.29, 0.717) is 5.41 Å². The summed E-state index contributed by atoms with van der Waals surface area (Å²) in [6.45, 7) is 2.17. The molecule has 2 N–H and O–H groups in total. The maximum atomic E-state index is 5.73. The first-order chi connectivity index (χ1) is 5.76. The fraction of sp³-hybridized carbons (Fsp3) is 1.00. The Hall–Kier alpha value is -0.0800. The minimum Gasteiger partial charge on any atom is -0.330 e. The number of nitrogens with zero attached hydrogens (tertiary/aromatic N) is 1. The first kappa shape index (κ1) is 8.52. The monoisotopic (exact) mass is 168 g/mol. The standard InChI is InChI=1S/C10H20N2/c1-12(9-2-3-9)7-6-10(8-11)4-5-10/h9H,2-8,11H2,1H3. The van der Waals surface area contributed by atoms with Crippen LogP contribution < -0.4 is 5.73 Å². The third kappa shape index (κ3) is 1.80. The minimum absolute atomic E-state index is 0.573. The van der Waals surface area contributed by atoms with Crippen LogP contribution in [-0.2, 0) is 0 Å². The molecule has 0 amide bonds. The van der Waals surface area contributed by atoms with Crippen LogP contribution in [0, 0.1) is 5.41 Å². The third-order valence-corrected chi connectivity index (χ3v) is 3.56. The van der Waals surface area contributed by atoms with Crippen LogP contribution in [0.25, 0.3) is 0 Å². The Morgan fingerprint density at radius 1 is 1.42 bits per heavy atom. The van der Waals surface area contributed by atoms with E-state index in [1.165, 1.54) is 38.6 Å². The molecule has 2 saturated carbocycles. The number of hydrogen-bond acceptors (Lipinski definition) is 2. The molecule has 0 aromatic rings. The maximum absolute atomic E-state index is 5.73. The number of hydrogen-bond donors (Lipinski definition) is 1. The van der Waals surface area contributed by atoms with Crippen LogP contribution in [-0.4, -0.2) is 31.1 Å². The van der Waals surface area contributed by atoms with Crippen molar-refractivity contribution < 1.29 is 0 Å². The highest BCUT2D eigenvalue weighted by Crippen LogP contribution is 2.47. The van der Waals surface area contributed by atoms with E-state index in [4.69, 9.17) is 5.73 Å². The van der Waals surface area contributed by atoms with Crippen molar-refractivity contribution in [3.8, 4) is 0 Å². The molecule has 2 aliphatic carbocycles. The van der Waals surface area contributed by atoms with E-state index in [0.717, 1.165) is 12.6 Å². The molecule has 0 radical (unpaired) electrons. The molecule has 0 bridgehead atoms. The molecule has 2 rings (SSSR count). The highest BCUT2D eigenvalue weighted by molar-refractivity contribution is 4.95. The van der Waals surface area contributed by atoms with Gasteiger partial charge in [0.05, 0.1) is 0 Å². The Labute approximate surface area is 75.1 Å². The fourth-order valence-electron chi connectivity index (χ4n) is 1.84. The largest absolute Gasteiger partial charge is 0.330 e. The van der Waals surface area contributed by atoms with Gasteiger partial charge in [-0.1, -0.05) is 0 Å². The number of nitrogens with two attached hydrogens (primary N) is 1.